The van der Waals surface area contributed by atoms with Crippen molar-refractivity contribution in [3.05, 3.63) is 53.6 Å². The molecule has 0 aromatic heterocycles. The summed E-state index contributed by atoms with van der Waals surface area (Å²) in [7, 11) is 8.15. The first-order chi connectivity index (χ1) is 14.5. The summed E-state index contributed by atoms with van der Waals surface area (Å²) >= 11 is 0. The van der Waals surface area contributed by atoms with E-state index >= 15 is 0 Å². The Kier molecular flexibility index (Phi) is 11.5. The number of hydrogen-bond donors (Lipinski definition) is 2. The number of halogens is 1. The molecule has 170 valence electrons. The first-order valence-corrected chi connectivity index (χ1v) is 9.53. The zero-order valence-electron chi connectivity index (χ0n) is 18.6. The summed E-state index contributed by atoms with van der Waals surface area (Å²) in [6.07, 6.45) is 0. The summed E-state index contributed by atoms with van der Waals surface area (Å²) in [4.78, 5) is 18.1. The van der Waals surface area contributed by atoms with Crippen LogP contribution in [-0.4, -0.2) is 58.7 Å². The number of likely N-dealkylation sites (N-methyl/N-ethyl adjacent to an activating group) is 1. The smallest absolute Gasteiger partial charge is 0.241 e. The molecule has 0 heterocycles. The Balaban J connectivity index is 0.00000480. The summed E-state index contributed by atoms with van der Waals surface area (Å²) in [5, 5.41) is 6.34. The Morgan fingerprint density at radius 1 is 0.935 bits per heavy atom. The Morgan fingerprint density at radius 3 is 2.06 bits per heavy atom. The molecule has 0 radical (unpaired) electrons. The zero-order chi connectivity index (χ0) is 21.9. The number of amides is 1. The number of benzene rings is 2. The van der Waals surface area contributed by atoms with Crippen molar-refractivity contribution >= 4 is 35.8 Å². The number of methoxy groups -OCH3 is 3. The fourth-order valence-electron chi connectivity index (χ4n) is 2.67. The van der Waals surface area contributed by atoms with Gasteiger partial charge in [0.15, 0.2) is 17.5 Å². The fraction of sp³-hybridized carbons (Fsp3) is 0.364. The molecule has 8 nitrogen and oxygen atoms in total. The molecular weight excluding hydrogens is 511 g/mol. The maximum absolute atomic E-state index is 12.0. The van der Waals surface area contributed by atoms with Crippen molar-refractivity contribution < 1.29 is 19.0 Å². The van der Waals surface area contributed by atoms with Crippen LogP contribution in [0.2, 0.25) is 0 Å². The average molecular weight is 542 g/mol. The van der Waals surface area contributed by atoms with Gasteiger partial charge in [-0.1, -0.05) is 30.3 Å². The molecule has 0 aliphatic heterocycles. The number of ether oxygens (including phenoxy) is 3. The second-order valence-electron chi connectivity index (χ2n) is 6.68. The summed E-state index contributed by atoms with van der Waals surface area (Å²) in [6.45, 7) is 1.08. The highest BCUT2D eigenvalue weighted by molar-refractivity contribution is 14.0. The van der Waals surface area contributed by atoms with E-state index < -0.39 is 0 Å². The summed E-state index contributed by atoms with van der Waals surface area (Å²) in [6, 6.07) is 13.7. The molecule has 0 saturated heterocycles. The quantitative estimate of drug-likeness (QED) is 0.288. The molecular formula is C22H31IN4O4. The van der Waals surface area contributed by atoms with E-state index in [4.69, 9.17) is 14.2 Å². The monoisotopic (exact) mass is 542 g/mol. The first kappa shape index (κ1) is 26.3. The van der Waals surface area contributed by atoms with Crippen LogP contribution < -0.4 is 24.8 Å². The van der Waals surface area contributed by atoms with Crippen LogP contribution in [0.1, 0.15) is 11.1 Å². The Labute approximate surface area is 201 Å². The summed E-state index contributed by atoms with van der Waals surface area (Å²) in [5.41, 5.74) is 1.99. The van der Waals surface area contributed by atoms with Gasteiger partial charge >= 0.3 is 0 Å². The van der Waals surface area contributed by atoms with E-state index in [1.807, 2.05) is 42.5 Å². The number of aliphatic imine (C=N–C) groups is 1. The molecule has 2 N–H and O–H groups in total. The highest BCUT2D eigenvalue weighted by Crippen LogP contribution is 2.38. The lowest BCUT2D eigenvalue weighted by molar-refractivity contribution is -0.127. The van der Waals surface area contributed by atoms with E-state index in [0.717, 1.165) is 11.1 Å². The summed E-state index contributed by atoms with van der Waals surface area (Å²) in [5.74, 6) is 2.15. The molecule has 31 heavy (non-hydrogen) atoms. The van der Waals surface area contributed by atoms with Crippen LogP contribution in [0.3, 0.4) is 0 Å². The van der Waals surface area contributed by atoms with Gasteiger partial charge in [0.2, 0.25) is 11.7 Å². The van der Waals surface area contributed by atoms with Crippen molar-refractivity contribution in [1.82, 2.24) is 15.5 Å². The molecule has 2 aromatic carbocycles. The lowest BCUT2D eigenvalue weighted by Gasteiger charge is -2.16. The minimum atomic E-state index is -0.0444. The van der Waals surface area contributed by atoms with Crippen molar-refractivity contribution in [1.29, 1.82) is 0 Å². The van der Waals surface area contributed by atoms with E-state index in [1.165, 1.54) is 4.90 Å². The van der Waals surface area contributed by atoms with E-state index in [9.17, 15) is 4.79 Å². The molecule has 0 spiro atoms. The highest BCUT2D eigenvalue weighted by Gasteiger charge is 2.13. The van der Waals surface area contributed by atoms with E-state index in [0.29, 0.717) is 36.3 Å². The van der Waals surface area contributed by atoms with E-state index in [1.54, 1.807) is 35.4 Å². The standard InChI is InChI=1S/C22H30N4O4.HI/c1-26(2)20(27)15-25-22(23-13-16-9-7-6-8-10-16)24-14-17-11-18(28-3)21(30-5)19(12-17)29-4;/h6-12H,13-15H2,1-5H3,(H2,23,24,25);1H. The molecule has 2 rings (SSSR count). The third kappa shape index (κ3) is 8.16. The van der Waals surface area contributed by atoms with Gasteiger partial charge in [-0.3, -0.25) is 4.79 Å². The predicted molar refractivity (Wildman–Crippen MR) is 133 cm³/mol. The molecule has 1 amide bonds. The molecule has 0 fully saturated rings. The predicted octanol–water partition coefficient (Wildman–Crippen LogP) is 2.65. The first-order valence-electron chi connectivity index (χ1n) is 9.53. The van der Waals surface area contributed by atoms with Gasteiger partial charge in [0, 0.05) is 20.6 Å². The molecule has 0 atom stereocenters. The number of guanidine groups is 1. The normalized spacial score (nSPS) is 10.5. The van der Waals surface area contributed by atoms with Gasteiger partial charge in [-0.05, 0) is 23.3 Å². The number of nitrogens with one attached hydrogen (secondary N) is 2. The second kappa shape index (κ2) is 13.6. The number of carbonyl (C=O) groups excluding carboxylic acids is 1. The zero-order valence-corrected chi connectivity index (χ0v) is 20.9. The second-order valence-corrected chi connectivity index (χ2v) is 6.68. The third-order valence-corrected chi connectivity index (χ3v) is 4.35. The molecule has 2 aromatic rings. The molecule has 0 saturated carbocycles. The molecule has 9 heteroatoms. The van der Waals surface area contributed by atoms with Crippen LogP contribution >= 0.6 is 24.0 Å². The maximum atomic E-state index is 12.0. The topological polar surface area (TPSA) is 84.4 Å². The van der Waals surface area contributed by atoms with Crippen molar-refractivity contribution in [3.8, 4) is 17.2 Å². The number of carbonyl (C=O) groups is 1. The summed E-state index contributed by atoms with van der Waals surface area (Å²) < 4.78 is 16.2. The molecule has 0 bridgehead atoms. The van der Waals surface area contributed by atoms with Gasteiger partial charge in [-0.25, -0.2) is 4.99 Å². The van der Waals surface area contributed by atoms with Gasteiger partial charge in [0.1, 0.15) is 0 Å². The minimum absolute atomic E-state index is 0. The SMILES string of the molecule is COc1cc(CN=C(NCC(=O)N(C)C)NCc2ccccc2)cc(OC)c1OC.I. The molecule has 0 aliphatic carbocycles. The third-order valence-electron chi connectivity index (χ3n) is 4.35. The maximum Gasteiger partial charge on any atom is 0.241 e. The average Bonchev–Trinajstić information content (AvgIpc) is 2.77. The van der Waals surface area contributed by atoms with Gasteiger partial charge in [0.25, 0.3) is 0 Å². The molecule has 0 unspecified atom stereocenters. The molecule has 0 aliphatic rings. The fourth-order valence-corrected chi connectivity index (χ4v) is 2.67. The Bertz CT molecular complexity index is 835. The van der Waals surface area contributed by atoms with Gasteiger partial charge in [-0.2, -0.15) is 0 Å². The number of hydrogen-bond acceptors (Lipinski definition) is 5. The Morgan fingerprint density at radius 2 is 1.55 bits per heavy atom. The lowest BCUT2D eigenvalue weighted by Crippen LogP contribution is -2.42. The van der Waals surface area contributed by atoms with Crippen LogP contribution in [0.5, 0.6) is 17.2 Å². The van der Waals surface area contributed by atoms with Crippen LogP contribution in [0.15, 0.2) is 47.5 Å². The van der Waals surface area contributed by atoms with Crippen LogP contribution in [0, 0.1) is 0 Å². The van der Waals surface area contributed by atoms with Gasteiger partial charge in [0.05, 0.1) is 34.4 Å². The largest absolute Gasteiger partial charge is 0.493 e. The number of rotatable bonds is 9. The minimum Gasteiger partial charge on any atom is -0.493 e. The Hall–Kier alpha value is -2.69. The van der Waals surface area contributed by atoms with Crippen LogP contribution in [0.4, 0.5) is 0 Å². The van der Waals surface area contributed by atoms with Crippen LogP contribution in [0.25, 0.3) is 0 Å². The highest BCUT2D eigenvalue weighted by atomic mass is 127. The number of nitrogens with zero attached hydrogens (tertiary/aromatic N) is 2. The van der Waals surface area contributed by atoms with Gasteiger partial charge in [-0.15, -0.1) is 24.0 Å². The van der Waals surface area contributed by atoms with Gasteiger partial charge < -0.3 is 29.7 Å². The van der Waals surface area contributed by atoms with E-state index in [2.05, 4.69) is 15.6 Å². The van der Waals surface area contributed by atoms with Crippen molar-refractivity contribution in [2.24, 2.45) is 4.99 Å². The van der Waals surface area contributed by atoms with Crippen molar-refractivity contribution in [2.45, 2.75) is 13.1 Å². The van der Waals surface area contributed by atoms with Crippen LogP contribution in [-0.2, 0) is 17.9 Å². The van der Waals surface area contributed by atoms with Crippen molar-refractivity contribution in [2.75, 3.05) is 42.0 Å². The van der Waals surface area contributed by atoms with Crippen molar-refractivity contribution in [3.63, 3.8) is 0 Å². The lowest BCUT2D eigenvalue weighted by atomic mass is 10.2. The van der Waals surface area contributed by atoms with E-state index in [-0.39, 0.29) is 36.4 Å².